The Morgan fingerprint density at radius 1 is 1.18 bits per heavy atom. The molecule has 0 radical (unpaired) electrons. The van der Waals surface area contributed by atoms with E-state index in [1.807, 2.05) is 30.3 Å². The largest absolute Gasteiger partial charge is 0.379 e. The molecule has 3 rings (SSSR count). The summed E-state index contributed by atoms with van der Waals surface area (Å²) >= 11 is 3.32. The summed E-state index contributed by atoms with van der Waals surface area (Å²) in [6.45, 7) is 5.33. The molecule has 0 unspecified atom stereocenters. The van der Waals surface area contributed by atoms with Crippen LogP contribution in [0.15, 0.2) is 70.6 Å². The molecule has 2 aromatic rings. The zero-order valence-electron chi connectivity index (χ0n) is 15.3. The Balaban J connectivity index is 1.97. The van der Waals surface area contributed by atoms with Gasteiger partial charge in [0.25, 0.3) is 5.91 Å². The highest BCUT2D eigenvalue weighted by atomic mass is 79.9. The smallest absolute Gasteiger partial charge is 0.258 e. The van der Waals surface area contributed by atoms with Crippen LogP contribution < -0.4 is 4.90 Å². The number of carbonyl (C=O) groups excluding carboxylic acids is 1. The molecule has 148 valence electrons. The number of anilines is 1. The van der Waals surface area contributed by atoms with Crippen LogP contribution >= 0.6 is 15.9 Å². The van der Waals surface area contributed by atoms with E-state index >= 15 is 0 Å². The molecule has 0 bridgehead atoms. The highest BCUT2D eigenvalue weighted by Crippen LogP contribution is 2.28. The molecule has 1 aliphatic heterocycles. The maximum absolute atomic E-state index is 13.1. The Morgan fingerprint density at radius 3 is 2.50 bits per heavy atom. The van der Waals surface area contributed by atoms with Gasteiger partial charge in [0.2, 0.25) is 10.0 Å². The molecule has 0 saturated carbocycles. The quantitative estimate of drug-likeness (QED) is 0.615. The summed E-state index contributed by atoms with van der Waals surface area (Å²) in [6.07, 6.45) is 1.63. The number of hydrogen-bond acceptors (Lipinski definition) is 4. The number of sulfonamides is 1. The lowest BCUT2D eigenvalue weighted by atomic mass is 10.1. The van der Waals surface area contributed by atoms with Crippen molar-refractivity contribution in [2.45, 2.75) is 4.90 Å². The van der Waals surface area contributed by atoms with Gasteiger partial charge in [-0.1, -0.05) is 24.3 Å². The standard InChI is InChI=1S/C20H21BrN2O4S/c1-2-10-23(17-6-4-3-5-7-17)20(24)16-8-9-18(21)19(15-16)28(25,26)22-11-13-27-14-12-22/h2-9,15H,1,10-14H2. The first-order valence-electron chi connectivity index (χ1n) is 8.80. The van der Waals surface area contributed by atoms with Crippen LogP contribution in [0, 0.1) is 0 Å². The molecule has 0 atom stereocenters. The van der Waals surface area contributed by atoms with Gasteiger partial charge in [-0.25, -0.2) is 8.42 Å². The number of nitrogens with zero attached hydrogens (tertiary/aromatic N) is 2. The third-order valence-corrected chi connectivity index (χ3v) is 7.28. The third-order valence-electron chi connectivity index (χ3n) is 4.39. The normalized spacial score (nSPS) is 15.2. The fourth-order valence-corrected chi connectivity index (χ4v) is 5.32. The van der Waals surface area contributed by atoms with Crippen molar-refractivity contribution in [1.29, 1.82) is 0 Å². The number of hydrogen-bond donors (Lipinski definition) is 0. The van der Waals surface area contributed by atoms with E-state index in [9.17, 15) is 13.2 Å². The number of carbonyl (C=O) groups is 1. The van der Waals surface area contributed by atoms with Crippen molar-refractivity contribution in [2.24, 2.45) is 0 Å². The van der Waals surface area contributed by atoms with E-state index in [-0.39, 0.29) is 10.8 Å². The lowest BCUT2D eigenvalue weighted by Gasteiger charge is -2.27. The first kappa shape index (κ1) is 20.7. The summed E-state index contributed by atoms with van der Waals surface area (Å²) in [6, 6.07) is 13.8. The van der Waals surface area contributed by atoms with Gasteiger partial charge in [0, 0.05) is 35.4 Å². The van der Waals surface area contributed by atoms with E-state index in [1.54, 1.807) is 23.1 Å². The molecular formula is C20H21BrN2O4S. The highest BCUT2D eigenvalue weighted by Gasteiger charge is 2.29. The molecule has 6 nitrogen and oxygen atoms in total. The average molecular weight is 465 g/mol. The van der Waals surface area contributed by atoms with Gasteiger partial charge >= 0.3 is 0 Å². The minimum atomic E-state index is -3.74. The summed E-state index contributed by atoms with van der Waals surface area (Å²) in [4.78, 5) is 14.8. The summed E-state index contributed by atoms with van der Waals surface area (Å²) in [5.41, 5.74) is 1.01. The van der Waals surface area contributed by atoms with Gasteiger partial charge in [-0.3, -0.25) is 4.79 Å². The van der Waals surface area contributed by atoms with Crippen molar-refractivity contribution in [1.82, 2.24) is 4.31 Å². The van der Waals surface area contributed by atoms with Crippen molar-refractivity contribution < 1.29 is 17.9 Å². The minimum Gasteiger partial charge on any atom is -0.379 e. The van der Waals surface area contributed by atoms with Crippen LogP contribution in [0.4, 0.5) is 5.69 Å². The molecule has 1 amide bonds. The van der Waals surface area contributed by atoms with Crippen LogP contribution in [0.3, 0.4) is 0 Å². The Hall–Kier alpha value is -2.00. The van der Waals surface area contributed by atoms with E-state index in [4.69, 9.17) is 4.74 Å². The Morgan fingerprint density at radius 2 is 1.86 bits per heavy atom. The van der Waals surface area contributed by atoms with Gasteiger partial charge in [-0.05, 0) is 46.3 Å². The zero-order chi connectivity index (χ0) is 20.1. The summed E-state index contributed by atoms with van der Waals surface area (Å²) in [5, 5.41) is 0. The number of amides is 1. The van der Waals surface area contributed by atoms with E-state index in [0.717, 1.165) is 0 Å². The van der Waals surface area contributed by atoms with Crippen molar-refractivity contribution >= 4 is 37.5 Å². The maximum atomic E-state index is 13.1. The zero-order valence-corrected chi connectivity index (χ0v) is 17.7. The van der Waals surface area contributed by atoms with Crippen LogP contribution in [-0.2, 0) is 14.8 Å². The lowest BCUT2D eigenvalue weighted by molar-refractivity contribution is 0.0730. The van der Waals surface area contributed by atoms with Crippen LogP contribution in [-0.4, -0.2) is 51.5 Å². The number of morpholine rings is 1. The molecular weight excluding hydrogens is 444 g/mol. The number of halogens is 1. The number of para-hydroxylation sites is 1. The van der Waals surface area contributed by atoms with Crippen LogP contribution in [0.25, 0.3) is 0 Å². The predicted octanol–water partition coefficient (Wildman–Crippen LogP) is 3.30. The molecule has 1 saturated heterocycles. The number of ether oxygens (including phenoxy) is 1. The molecule has 0 aliphatic carbocycles. The minimum absolute atomic E-state index is 0.0758. The monoisotopic (exact) mass is 464 g/mol. The molecule has 0 aromatic heterocycles. The van der Waals surface area contributed by atoms with E-state index in [2.05, 4.69) is 22.5 Å². The molecule has 8 heteroatoms. The second-order valence-electron chi connectivity index (χ2n) is 6.20. The highest BCUT2D eigenvalue weighted by molar-refractivity contribution is 9.10. The van der Waals surface area contributed by atoms with E-state index in [1.165, 1.54) is 10.4 Å². The number of benzene rings is 2. The van der Waals surface area contributed by atoms with Crippen molar-refractivity contribution in [3.8, 4) is 0 Å². The fraction of sp³-hybridized carbons (Fsp3) is 0.250. The molecule has 1 fully saturated rings. The van der Waals surface area contributed by atoms with Crippen LogP contribution in [0.2, 0.25) is 0 Å². The predicted molar refractivity (Wildman–Crippen MR) is 112 cm³/mol. The van der Waals surface area contributed by atoms with Gasteiger partial charge in [0.1, 0.15) is 0 Å². The van der Waals surface area contributed by atoms with Crippen molar-refractivity contribution in [3.05, 3.63) is 71.2 Å². The van der Waals surface area contributed by atoms with Gasteiger partial charge < -0.3 is 9.64 Å². The molecule has 28 heavy (non-hydrogen) atoms. The Kier molecular flexibility index (Phi) is 6.66. The summed E-state index contributed by atoms with van der Waals surface area (Å²) < 4.78 is 33.1. The topological polar surface area (TPSA) is 66.9 Å². The Bertz CT molecular complexity index is 957. The fourth-order valence-electron chi connectivity index (χ4n) is 2.96. The van der Waals surface area contributed by atoms with Gasteiger partial charge in [-0.2, -0.15) is 4.31 Å². The van der Waals surface area contributed by atoms with Gasteiger partial charge in [0.05, 0.1) is 18.1 Å². The van der Waals surface area contributed by atoms with E-state index in [0.29, 0.717) is 48.6 Å². The van der Waals surface area contributed by atoms with Crippen LogP contribution in [0.1, 0.15) is 10.4 Å². The number of rotatable bonds is 6. The van der Waals surface area contributed by atoms with Gasteiger partial charge in [-0.15, -0.1) is 6.58 Å². The Labute approximate surface area is 173 Å². The lowest BCUT2D eigenvalue weighted by Crippen LogP contribution is -2.40. The van der Waals surface area contributed by atoms with E-state index < -0.39 is 10.0 Å². The van der Waals surface area contributed by atoms with Crippen molar-refractivity contribution in [2.75, 3.05) is 37.7 Å². The molecule has 0 spiro atoms. The SMILES string of the molecule is C=CCN(C(=O)c1ccc(Br)c(S(=O)(=O)N2CCOCC2)c1)c1ccccc1. The molecule has 0 N–H and O–H groups in total. The first-order chi connectivity index (χ1) is 13.4. The second kappa shape index (κ2) is 9.00. The molecule has 1 heterocycles. The van der Waals surface area contributed by atoms with Crippen LogP contribution in [0.5, 0.6) is 0 Å². The second-order valence-corrected chi connectivity index (χ2v) is 8.96. The summed E-state index contributed by atoms with van der Waals surface area (Å²) in [7, 11) is -3.74. The average Bonchev–Trinajstić information content (AvgIpc) is 2.73. The maximum Gasteiger partial charge on any atom is 0.258 e. The molecule has 2 aromatic carbocycles. The third kappa shape index (κ3) is 4.35. The first-order valence-corrected chi connectivity index (χ1v) is 11.0. The molecule has 1 aliphatic rings. The van der Waals surface area contributed by atoms with Crippen molar-refractivity contribution in [3.63, 3.8) is 0 Å². The summed E-state index contributed by atoms with van der Waals surface area (Å²) in [5.74, 6) is -0.294. The van der Waals surface area contributed by atoms with Gasteiger partial charge in [0.15, 0.2) is 0 Å².